The quantitative estimate of drug-likeness (QED) is 0.569. The van der Waals surface area contributed by atoms with Gasteiger partial charge in [0, 0.05) is 11.6 Å². The molecule has 0 unspecified atom stereocenters. The molecule has 8 heteroatoms. The van der Waals surface area contributed by atoms with Crippen LogP contribution in [0.25, 0.3) is 17.1 Å². The third-order valence-corrected chi connectivity index (χ3v) is 5.35. The molecule has 0 saturated heterocycles. The fraction of sp³-hybridized carbons (Fsp3) is 0.286. The first-order valence-corrected chi connectivity index (χ1v) is 10.5. The van der Waals surface area contributed by atoms with E-state index in [-0.39, 0.29) is 17.5 Å². The summed E-state index contributed by atoms with van der Waals surface area (Å²) in [4.78, 5) is 12.1. The molecule has 2 aromatic carbocycles. The molecule has 1 aromatic heterocycles. The van der Waals surface area contributed by atoms with Crippen molar-refractivity contribution in [2.75, 3.05) is 12.4 Å². The highest BCUT2D eigenvalue weighted by Crippen LogP contribution is 2.30. The standard InChI is InChI=1S/C21H21FN4O2S/c1-2-28-16-11-7-14(8-12-16)20-24-25-21(29-13-19(27)23-15-9-10-15)26(20)18-6-4-3-5-17(18)22/h3-8,11-12,15H,2,9-10,13H2,1H3,(H,23,27). The number of para-hydroxylation sites is 1. The van der Waals surface area contributed by atoms with E-state index in [4.69, 9.17) is 4.74 Å². The molecular formula is C21H21FN4O2S. The van der Waals surface area contributed by atoms with Gasteiger partial charge in [-0.15, -0.1) is 10.2 Å². The molecule has 4 rings (SSSR count). The molecule has 1 amide bonds. The van der Waals surface area contributed by atoms with Gasteiger partial charge in [0.1, 0.15) is 11.6 Å². The van der Waals surface area contributed by atoms with Gasteiger partial charge in [-0.25, -0.2) is 4.39 Å². The first kappa shape index (κ1) is 19.4. The molecule has 1 heterocycles. The van der Waals surface area contributed by atoms with E-state index >= 15 is 0 Å². The van der Waals surface area contributed by atoms with Gasteiger partial charge >= 0.3 is 0 Å². The van der Waals surface area contributed by atoms with E-state index in [0.717, 1.165) is 24.2 Å². The Balaban J connectivity index is 1.66. The third kappa shape index (κ3) is 4.59. The van der Waals surface area contributed by atoms with Crippen molar-refractivity contribution in [2.45, 2.75) is 31.0 Å². The molecule has 1 fully saturated rings. The van der Waals surface area contributed by atoms with Crippen LogP contribution in [-0.2, 0) is 4.79 Å². The van der Waals surface area contributed by atoms with Crippen LogP contribution in [0.3, 0.4) is 0 Å². The number of benzene rings is 2. The number of carbonyl (C=O) groups excluding carboxylic acids is 1. The molecule has 29 heavy (non-hydrogen) atoms. The minimum Gasteiger partial charge on any atom is -0.494 e. The summed E-state index contributed by atoms with van der Waals surface area (Å²) in [5, 5.41) is 11.9. The third-order valence-electron chi connectivity index (χ3n) is 4.43. The Hall–Kier alpha value is -2.87. The molecule has 0 bridgehead atoms. The molecule has 0 aliphatic heterocycles. The highest BCUT2D eigenvalue weighted by Gasteiger charge is 2.24. The minimum absolute atomic E-state index is 0.0526. The Morgan fingerprint density at radius 1 is 1.21 bits per heavy atom. The molecule has 1 saturated carbocycles. The lowest BCUT2D eigenvalue weighted by atomic mass is 10.2. The van der Waals surface area contributed by atoms with Crippen molar-refractivity contribution in [3.8, 4) is 22.8 Å². The fourth-order valence-corrected chi connectivity index (χ4v) is 3.65. The van der Waals surface area contributed by atoms with Gasteiger partial charge in [0.25, 0.3) is 0 Å². The SMILES string of the molecule is CCOc1ccc(-c2nnc(SCC(=O)NC3CC3)n2-c2ccccc2F)cc1. The number of halogens is 1. The average molecular weight is 412 g/mol. The van der Waals surface area contributed by atoms with Crippen LogP contribution in [0, 0.1) is 5.82 Å². The van der Waals surface area contributed by atoms with Crippen LogP contribution in [0.2, 0.25) is 0 Å². The van der Waals surface area contributed by atoms with Gasteiger partial charge in [-0.3, -0.25) is 9.36 Å². The van der Waals surface area contributed by atoms with Gasteiger partial charge in [0.15, 0.2) is 11.0 Å². The largest absolute Gasteiger partial charge is 0.494 e. The van der Waals surface area contributed by atoms with E-state index in [1.54, 1.807) is 22.8 Å². The number of amides is 1. The van der Waals surface area contributed by atoms with Crippen LogP contribution in [0.5, 0.6) is 5.75 Å². The molecule has 0 spiro atoms. The Morgan fingerprint density at radius 2 is 1.97 bits per heavy atom. The van der Waals surface area contributed by atoms with Crippen LogP contribution in [0.4, 0.5) is 4.39 Å². The Kier molecular flexibility index (Phi) is 5.80. The zero-order chi connectivity index (χ0) is 20.2. The predicted octanol–water partition coefficient (Wildman–Crippen LogP) is 3.84. The van der Waals surface area contributed by atoms with Crippen molar-refractivity contribution in [3.05, 3.63) is 54.3 Å². The Morgan fingerprint density at radius 3 is 2.66 bits per heavy atom. The van der Waals surface area contributed by atoms with Gasteiger partial charge in [-0.05, 0) is 56.2 Å². The summed E-state index contributed by atoms with van der Waals surface area (Å²) >= 11 is 1.24. The van der Waals surface area contributed by atoms with Crippen molar-refractivity contribution in [1.29, 1.82) is 0 Å². The normalized spacial score (nSPS) is 13.3. The molecule has 0 atom stereocenters. The maximum Gasteiger partial charge on any atom is 0.230 e. The summed E-state index contributed by atoms with van der Waals surface area (Å²) in [7, 11) is 0. The first-order valence-electron chi connectivity index (χ1n) is 9.51. The second-order valence-corrected chi connectivity index (χ2v) is 7.62. The van der Waals surface area contributed by atoms with E-state index < -0.39 is 0 Å². The van der Waals surface area contributed by atoms with Gasteiger partial charge < -0.3 is 10.1 Å². The smallest absolute Gasteiger partial charge is 0.230 e. The van der Waals surface area contributed by atoms with Crippen molar-refractivity contribution < 1.29 is 13.9 Å². The zero-order valence-corrected chi connectivity index (χ0v) is 16.8. The van der Waals surface area contributed by atoms with Crippen molar-refractivity contribution >= 4 is 17.7 Å². The van der Waals surface area contributed by atoms with Crippen molar-refractivity contribution in [1.82, 2.24) is 20.1 Å². The summed E-state index contributed by atoms with van der Waals surface area (Å²) in [5.41, 5.74) is 1.12. The van der Waals surface area contributed by atoms with Crippen LogP contribution in [0.15, 0.2) is 53.7 Å². The maximum absolute atomic E-state index is 14.6. The Labute approximate surface area is 172 Å². The highest BCUT2D eigenvalue weighted by atomic mass is 32.2. The second kappa shape index (κ2) is 8.65. The lowest BCUT2D eigenvalue weighted by Gasteiger charge is -2.11. The van der Waals surface area contributed by atoms with Crippen LogP contribution in [-0.4, -0.2) is 39.1 Å². The van der Waals surface area contributed by atoms with Gasteiger partial charge in [-0.2, -0.15) is 0 Å². The summed E-state index contributed by atoms with van der Waals surface area (Å²) < 4.78 is 21.7. The van der Waals surface area contributed by atoms with E-state index in [9.17, 15) is 9.18 Å². The number of ether oxygens (including phenoxy) is 1. The van der Waals surface area contributed by atoms with E-state index in [2.05, 4.69) is 15.5 Å². The van der Waals surface area contributed by atoms with E-state index in [1.807, 2.05) is 31.2 Å². The van der Waals surface area contributed by atoms with Crippen molar-refractivity contribution in [3.63, 3.8) is 0 Å². The number of thioether (sulfide) groups is 1. The number of hydrogen-bond donors (Lipinski definition) is 1. The molecule has 0 radical (unpaired) electrons. The molecule has 6 nitrogen and oxygen atoms in total. The lowest BCUT2D eigenvalue weighted by molar-refractivity contribution is -0.118. The molecular weight excluding hydrogens is 391 g/mol. The number of aromatic nitrogens is 3. The minimum atomic E-state index is -0.385. The number of rotatable bonds is 8. The summed E-state index contributed by atoms with van der Waals surface area (Å²) in [6.07, 6.45) is 2.06. The second-order valence-electron chi connectivity index (χ2n) is 6.68. The van der Waals surface area contributed by atoms with E-state index in [0.29, 0.717) is 29.3 Å². The highest BCUT2D eigenvalue weighted by molar-refractivity contribution is 7.99. The van der Waals surface area contributed by atoms with Crippen molar-refractivity contribution in [2.24, 2.45) is 0 Å². The summed E-state index contributed by atoms with van der Waals surface area (Å²) in [5.74, 6) is 1.02. The van der Waals surface area contributed by atoms with E-state index in [1.165, 1.54) is 17.8 Å². The fourth-order valence-electron chi connectivity index (χ4n) is 2.89. The molecule has 1 aliphatic rings. The van der Waals surface area contributed by atoms with Crippen LogP contribution < -0.4 is 10.1 Å². The number of nitrogens with one attached hydrogen (secondary N) is 1. The molecule has 3 aromatic rings. The first-order chi connectivity index (χ1) is 14.2. The molecule has 150 valence electrons. The van der Waals surface area contributed by atoms with Crippen LogP contribution >= 0.6 is 11.8 Å². The van der Waals surface area contributed by atoms with Gasteiger partial charge in [0.05, 0.1) is 18.0 Å². The Bertz CT molecular complexity index is 1000. The number of hydrogen-bond acceptors (Lipinski definition) is 5. The number of nitrogens with zero attached hydrogens (tertiary/aromatic N) is 3. The topological polar surface area (TPSA) is 69.0 Å². The molecule has 1 N–H and O–H groups in total. The zero-order valence-electron chi connectivity index (χ0n) is 16.0. The van der Waals surface area contributed by atoms with Gasteiger partial charge in [-0.1, -0.05) is 23.9 Å². The maximum atomic E-state index is 14.6. The van der Waals surface area contributed by atoms with Crippen LogP contribution in [0.1, 0.15) is 19.8 Å². The molecule has 1 aliphatic carbocycles. The average Bonchev–Trinajstić information content (AvgIpc) is 3.44. The lowest BCUT2D eigenvalue weighted by Crippen LogP contribution is -2.27. The summed E-state index contributed by atoms with van der Waals surface area (Å²) in [6, 6.07) is 14.2. The van der Waals surface area contributed by atoms with Gasteiger partial charge in [0.2, 0.25) is 5.91 Å². The number of carbonyl (C=O) groups is 1. The monoisotopic (exact) mass is 412 g/mol. The predicted molar refractivity (Wildman–Crippen MR) is 110 cm³/mol. The summed E-state index contributed by atoms with van der Waals surface area (Å²) in [6.45, 7) is 2.50.